The van der Waals surface area contributed by atoms with Crippen molar-refractivity contribution in [3.8, 4) is 0 Å². The highest BCUT2D eigenvalue weighted by atomic mass is 35.5. The van der Waals surface area contributed by atoms with E-state index in [1.165, 1.54) is 30.6 Å². The molecular weight excluding hydrogens is 484 g/mol. The van der Waals surface area contributed by atoms with Gasteiger partial charge in [-0.2, -0.15) is 0 Å². The van der Waals surface area contributed by atoms with Gasteiger partial charge in [-0.25, -0.2) is 9.37 Å². The van der Waals surface area contributed by atoms with E-state index in [1.807, 2.05) is 0 Å². The molecule has 2 aromatic heterocycles. The molecule has 0 saturated carbocycles. The summed E-state index contributed by atoms with van der Waals surface area (Å²) in [6.45, 7) is 5.00. The van der Waals surface area contributed by atoms with Crippen molar-refractivity contribution in [3.63, 3.8) is 0 Å². The third-order valence-electron chi connectivity index (χ3n) is 5.32. The highest BCUT2D eigenvalue weighted by Gasteiger charge is 2.22. The van der Waals surface area contributed by atoms with E-state index in [9.17, 15) is 14.0 Å². The topological polar surface area (TPSA) is 99.3 Å². The number of carbonyl (C=O) groups is 2. The van der Waals surface area contributed by atoms with Gasteiger partial charge < -0.3 is 20.4 Å². The lowest BCUT2D eigenvalue weighted by atomic mass is 10.0. The van der Waals surface area contributed by atoms with Crippen LogP contribution in [0, 0.1) is 5.82 Å². The number of carbonyl (C=O) groups excluding carboxylic acids is 2. The number of amides is 1. The number of ether oxygens (including phenoxy) is 1. The smallest absolute Gasteiger partial charge is 0.272 e. The van der Waals surface area contributed by atoms with Gasteiger partial charge in [0.05, 0.1) is 40.7 Å². The maximum Gasteiger partial charge on any atom is 0.272 e. The lowest BCUT2D eigenvalue weighted by Crippen LogP contribution is -2.39. The summed E-state index contributed by atoms with van der Waals surface area (Å²) in [5, 5.41) is 5.67. The van der Waals surface area contributed by atoms with Crippen molar-refractivity contribution in [2.75, 3.05) is 50.0 Å². The van der Waals surface area contributed by atoms with Crippen LogP contribution in [0.3, 0.4) is 0 Å². The van der Waals surface area contributed by atoms with Crippen LogP contribution in [-0.4, -0.2) is 66.0 Å². The van der Waals surface area contributed by atoms with Crippen molar-refractivity contribution in [1.82, 2.24) is 14.9 Å². The van der Waals surface area contributed by atoms with Crippen molar-refractivity contribution in [2.24, 2.45) is 0 Å². The summed E-state index contributed by atoms with van der Waals surface area (Å²) in [5.74, 6) is -1.38. The molecule has 1 saturated heterocycles. The van der Waals surface area contributed by atoms with E-state index in [0.717, 1.165) is 39.4 Å². The van der Waals surface area contributed by atoms with Gasteiger partial charge >= 0.3 is 0 Å². The monoisotopic (exact) mass is 505 g/mol. The molecule has 1 aliphatic heterocycles. The highest BCUT2D eigenvalue weighted by Crippen LogP contribution is 2.28. The lowest BCUT2D eigenvalue weighted by Gasteiger charge is -2.26. The number of nitrogens with zero attached hydrogens (tertiary/aromatic N) is 2. The Balaban J connectivity index is 1.34. The van der Waals surface area contributed by atoms with Crippen molar-refractivity contribution in [1.29, 1.82) is 0 Å². The summed E-state index contributed by atoms with van der Waals surface area (Å²) in [7, 11) is 0. The Labute approximate surface area is 205 Å². The molecule has 1 aromatic carbocycles. The molecule has 34 heavy (non-hydrogen) atoms. The van der Waals surface area contributed by atoms with Gasteiger partial charge in [0.25, 0.3) is 5.91 Å². The third-order valence-corrected chi connectivity index (χ3v) is 5.93. The van der Waals surface area contributed by atoms with E-state index in [0.29, 0.717) is 11.5 Å². The summed E-state index contributed by atoms with van der Waals surface area (Å²) in [4.78, 5) is 34.6. The Morgan fingerprint density at radius 3 is 2.65 bits per heavy atom. The SMILES string of the molecule is O=C(Nc1ccc(NCCN2CCOCC2)nc1)c1cc(C(=O)c2c(Cl)ccc(Cl)c2F)c[nH]1. The van der Waals surface area contributed by atoms with Crippen LogP contribution in [0.1, 0.15) is 26.4 Å². The first-order chi connectivity index (χ1) is 16.4. The Morgan fingerprint density at radius 2 is 1.91 bits per heavy atom. The number of pyridine rings is 1. The van der Waals surface area contributed by atoms with Gasteiger partial charge in [0.2, 0.25) is 0 Å². The lowest BCUT2D eigenvalue weighted by molar-refractivity contribution is 0.0398. The van der Waals surface area contributed by atoms with Crippen LogP contribution in [0.25, 0.3) is 0 Å². The molecule has 0 atom stereocenters. The summed E-state index contributed by atoms with van der Waals surface area (Å²) >= 11 is 11.7. The minimum absolute atomic E-state index is 0.0659. The third kappa shape index (κ3) is 5.74. The zero-order chi connectivity index (χ0) is 24.1. The Kier molecular flexibility index (Phi) is 7.79. The zero-order valence-electron chi connectivity index (χ0n) is 18.0. The number of nitrogens with one attached hydrogen (secondary N) is 3. The Bertz CT molecular complexity index is 1180. The number of benzene rings is 1. The van der Waals surface area contributed by atoms with Gasteiger partial charge in [-0.3, -0.25) is 14.5 Å². The summed E-state index contributed by atoms with van der Waals surface area (Å²) in [6.07, 6.45) is 2.85. The van der Waals surface area contributed by atoms with Crippen LogP contribution in [-0.2, 0) is 4.74 Å². The second-order valence-electron chi connectivity index (χ2n) is 7.62. The van der Waals surface area contributed by atoms with Crippen molar-refractivity contribution in [3.05, 3.63) is 75.4 Å². The minimum atomic E-state index is -0.906. The van der Waals surface area contributed by atoms with E-state index in [2.05, 4.69) is 25.5 Å². The first kappa shape index (κ1) is 24.2. The van der Waals surface area contributed by atoms with Gasteiger partial charge in [-0.15, -0.1) is 0 Å². The van der Waals surface area contributed by atoms with Crippen LogP contribution in [0.2, 0.25) is 10.0 Å². The molecule has 8 nitrogen and oxygen atoms in total. The molecule has 3 N–H and O–H groups in total. The Hall–Kier alpha value is -2.98. The largest absolute Gasteiger partial charge is 0.379 e. The first-order valence-electron chi connectivity index (χ1n) is 10.6. The average molecular weight is 506 g/mol. The molecule has 0 aliphatic carbocycles. The fraction of sp³-hybridized carbons (Fsp3) is 0.261. The summed E-state index contributed by atoms with van der Waals surface area (Å²) < 4.78 is 19.6. The Morgan fingerprint density at radius 1 is 1.15 bits per heavy atom. The van der Waals surface area contributed by atoms with Gasteiger partial charge in [0.15, 0.2) is 11.6 Å². The number of rotatable bonds is 8. The van der Waals surface area contributed by atoms with Gasteiger partial charge in [-0.1, -0.05) is 23.2 Å². The number of halogens is 3. The van der Waals surface area contributed by atoms with E-state index in [1.54, 1.807) is 12.1 Å². The summed E-state index contributed by atoms with van der Waals surface area (Å²) in [5.41, 5.74) is 0.331. The van der Waals surface area contributed by atoms with Crippen LogP contribution in [0.4, 0.5) is 15.9 Å². The number of anilines is 2. The number of hydrogen-bond acceptors (Lipinski definition) is 6. The molecule has 0 spiro atoms. The van der Waals surface area contributed by atoms with E-state index >= 15 is 0 Å². The fourth-order valence-electron chi connectivity index (χ4n) is 3.47. The number of H-pyrrole nitrogens is 1. The quantitative estimate of drug-likeness (QED) is 0.315. The molecule has 1 aliphatic rings. The predicted molar refractivity (Wildman–Crippen MR) is 129 cm³/mol. The molecule has 3 heterocycles. The molecule has 0 unspecified atom stereocenters. The zero-order valence-corrected chi connectivity index (χ0v) is 19.5. The molecule has 0 bridgehead atoms. The van der Waals surface area contributed by atoms with Crippen molar-refractivity contribution < 1.29 is 18.7 Å². The second-order valence-corrected chi connectivity index (χ2v) is 8.43. The van der Waals surface area contributed by atoms with Gasteiger partial charge in [0, 0.05) is 37.9 Å². The van der Waals surface area contributed by atoms with Crippen LogP contribution in [0.5, 0.6) is 0 Å². The summed E-state index contributed by atoms with van der Waals surface area (Å²) in [6, 6.07) is 7.42. The van der Waals surface area contributed by atoms with Crippen LogP contribution < -0.4 is 10.6 Å². The number of hydrogen-bond donors (Lipinski definition) is 3. The number of ketones is 1. The molecular formula is C23H22Cl2FN5O3. The van der Waals surface area contributed by atoms with E-state index in [-0.39, 0.29) is 26.9 Å². The highest BCUT2D eigenvalue weighted by molar-refractivity contribution is 6.37. The molecule has 1 fully saturated rings. The standard InChI is InChI=1S/C23H22Cl2FN5O3/c24-16-2-3-17(25)21(26)20(16)22(32)14-11-18(28-12-14)23(33)30-15-1-4-19(29-13-15)27-5-6-31-7-9-34-10-8-31/h1-4,11-13,28H,5-10H2,(H,27,29)(H,30,33). The molecule has 0 radical (unpaired) electrons. The molecule has 3 aromatic rings. The molecule has 178 valence electrons. The van der Waals surface area contributed by atoms with Gasteiger partial charge in [0.1, 0.15) is 11.5 Å². The first-order valence-corrected chi connectivity index (χ1v) is 11.4. The number of aromatic amines is 1. The number of morpholine rings is 1. The van der Waals surface area contributed by atoms with Gasteiger partial charge in [-0.05, 0) is 30.3 Å². The van der Waals surface area contributed by atoms with E-state index < -0.39 is 17.5 Å². The van der Waals surface area contributed by atoms with Crippen LogP contribution >= 0.6 is 23.2 Å². The van der Waals surface area contributed by atoms with E-state index in [4.69, 9.17) is 27.9 Å². The van der Waals surface area contributed by atoms with Crippen molar-refractivity contribution in [2.45, 2.75) is 0 Å². The normalized spacial score (nSPS) is 14.1. The maximum absolute atomic E-state index is 14.3. The van der Waals surface area contributed by atoms with Crippen LogP contribution in [0.15, 0.2) is 42.7 Å². The molecule has 11 heteroatoms. The minimum Gasteiger partial charge on any atom is -0.379 e. The number of aromatic nitrogens is 2. The predicted octanol–water partition coefficient (Wildman–Crippen LogP) is 4.08. The second kappa shape index (κ2) is 11.0. The van der Waals surface area contributed by atoms with Crippen molar-refractivity contribution >= 4 is 46.4 Å². The average Bonchev–Trinajstić information content (AvgIpc) is 3.34. The molecule has 1 amide bonds. The fourth-order valence-corrected chi connectivity index (χ4v) is 3.86. The maximum atomic E-state index is 14.3. The molecule has 4 rings (SSSR count).